The molecule has 0 fully saturated rings. The third-order valence-electron chi connectivity index (χ3n) is 4.31. The van der Waals surface area contributed by atoms with Crippen LogP contribution in [0.4, 0.5) is 5.69 Å². The van der Waals surface area contributed by atoms with Crippen molar-refractivity contribution in [1.29, 1.82) is 0 Å². The van der Waals surface area contributed by atoms with Gasteiger partial charge in [0.2, 0.25) is 0 Å². The third kappa shape index (κ3) is 4.72. The number of halogens is 1. The summed E-state index contributed by atoms with van der Waals surface area (Å²) in [7, 11) is -0.905. The summed E-state index contributed by atoms with van der Waals surface area (Å²) in [6, 6.07) is 12.6. The lowest BCUT2D eigenvalue weighted by atomic mass is 10.2. The molecule has 1 aromatic heterocycles. The van der Waals surface area contributed by atoms with Crippen molar-refractivity contribution in [2.24, 2.45) is 0 Å². The highest BCUT2D eigenvalue weighted by molar-refractivity contribution is 7.92. The molecule has 0 aliphatic rings. The molecule has 0 saturated carbocycles. The largest absolute Gasteiger partial charge is 0.497 e. The minimum Gasteiger partial charge on any atom is -0.497 e. The van der Waals surface area contributed by atoms with Gasteiger partial charge in [0, 0.05) is 13.6 Å². The molecule has 0 atom stereocenters. The fraction of sp³-hybridized carbons (Fsp3) is 0.150. The smallest absolute Gasteiger partial charge is 0.264 e. The highest BCUT2D eigenvalue weighted by Crippen LogP contribution is 2.27. The van der Waals surface area contributed by atoms with Crippen molar-refractivity contribution in [1.82, 2.24) is 5.32 Å². The Morgan fingerprint density at radius 2 is 1.90 bits per heavy atom. The number of thiophene rings is 1. The van der Waals surface area contributed by atoms with Crippen molar-refractivity contribution >= 4 is 44.6 Å². The molecule has 29 heavy (non-hydrogen) atoms. The van der Waals surface area contributed by atoms with E-state index in [9.17, 15) is 13.2 Å². The third-order valence-corrected chi connectivity index (χ3v) is 7.15. The van der Waals surface area contributed by atoms with Gasteiger partial charge in [0.05, 0.1) is 28.3 Å². The summed E-state index contributed by atoms with van der Waals surface area (Å²) in [5.41, 5.74) is 1.53. The molecule has 1 N–H and O–H groups in total. The highest BCUT2D eigenvalue weighted by Gasteiger charge is 2.24. The quantitative estimate of drug-likeness (QED) is 0.586. The highest BCUT2D eigenvalue weighted by atomic mass is 35.5. The molecule has 0 unspecified atom stereocenters. The lowest BCUT2D eigenvalue weighted by Crippen LogP contribution is -2.27. The number of anilines is 1. The van der Waals surface area contributed by atoms with Crippen molar-refractivity contribution in [2.75, 3.05) is 18.5 Å². The van der Waals surface area contributed by atoms with E-state index in [1.54, 1.807) is 24.3 Å². The molecule has 1 amide bonds. The van der Waals surface area contributed by atoms with Gasteiger partial charge in [0.25, 0.3) is 15.9 Å². The number of benzene rings is 2. The van der Waals surface area contributed by atoms with Gasteiger partial charge in [-0.1, -0.05) is 11.6 Å². The van der Waals surface area contributed by atoms with Crippen molar-refractivity contribution in [2.45, 2.75) is 11.4 Å². The van der Waals surface area contributed by atoms with Crippen molar-refractivity contribution in [3.63, 3.8) is 0 Å². The van der Waals surface area contributed by atoms with E-state index in [2.05, 4.69) is 5.32 Å². The maximum Gasteiger partial charge on any atom is 0.264 e. The normalized spacial score (nSPS) is 11.1. The van der Waals surface area contributed by atoms with Crippen LogP contribution in [0.2, 0.25) is 5.02 Å². The Morgan fingerprint density at radius 3 is 2.52 bits per heavy atom. The molecule has 2 aromatic carbocycles. The number of sulfonamides is 1. The van der Waals surface area contributed by atoms with Crippen LogP contribution >= 0.6 is 22.9 Å². The molecule has 0 radical (unpaired) electrons. The van der Waals surface area contributed by atoms with Gasteiger partial charge in [-0.05, 0) is 64.9 Å². The van der Waals surface area contributed by atoms with E-state index >= 15 is 0 Å². The number of carbonyl (C=O) groups is 1. The summed E-state index contributed by atoms with van der Waals surface area (Å²) in [5, 5.41) is 6.77. The molecular formula is C20H19ClN2O4S2. The maximum absolute atomic E-state index is 13.0. The zero-order valence-electron chi connectivity index (χ0n) is 15.8. The maximum atomic E-state index is 13.0. The van der Waals surface area contributed by atoms with E-state index < -0.39 is 15.9 Å². The van der Waals surface area contributed by atoms with Crippen molar-refractivity contribution < 1.29 is 17.9 Å². The van der Waals surface area contributed by atoms with Crippen LogP contribution in [0.1, 0.15) is 15.9 Å². The van der Waals surface area contributed by atoms with Crippen LogP contribution in [0, 0.1) is 0 Å². The molecule has 3 aromatic rings. The Morgan fingerprint density at radius 1 is 1.17 bits per heavy atom. The predicted octanol–water partition coefficient (Wildman–Crippen LogP) is 4.17. The summed E-state index contributed by atoms with van der Waals surface area (Å²) >= 11 is 7.68. The molecule has 9 heteroatoms. The number of nitrogens with one attached hydrogen (secondary N) is 1. The molecule has 6 nitrogen and oxygen atoms in total. The van der Waals surface area contributed by atoms with Gasteiger partial charge in [-0.3, -0.25) is 9.10 Å². The van der Waals surface area contributed by atoms with E-state index in [1.807, 2.05) is 16.8 Å². The fourth-order valence-electron chi connectivity index (χ4n) is 2.60. The van der Waals surface area contributed by atoms with E-state index in [-0.39, 0.29) is 15.5 Å². The lowest BCUT2D eigenvalue weighted by Gasteiger charge is -2.20. The second-order valence-corrected chi connectivity index (χ2v) is 9.28. The van der Waals surface area contributed by atoms with Crippen LogP contribution in [0.5, 0.6) is 5.75 Å². The monoisotopic (exact) mass is 450 g/mol. The Hall–Kier alpha value is -2.55. The molecule has 0 spiro atoms. The van der Waals surface area contributed by atoms with Crippen LogP contribution in [0.3, 0.4) is 0 Å². The number of carbonyl (C=O) groups excluding carboxylic acids is 1. The van der Waals surface area contributed by atoms with Gasteiger partial charge in [-0.15, -0.1) is 0 Å². The first kappa shape index (κ1) is 21.2. The number of amides is 1. The molecule has 3 rings (SSSR count). The van der Waals surface area contributed by atoms with Crippen LogP contribution in [-0.2, 0) is 16.6 Å². The molecule has 0 bridgehead atoms. The Balaban J connectivity index is 1.85. The average molecular weight is 451 g/mol. The fourth-order valence-corrected chi connectivity index (χ4v) is 4.69. The number of hydrogen-bond donors (Lipinski definition) is 1. The zero-order chi connectivity index (χ0) is 21.0. The van der Waals surface area contributed by atoms with Gasteiger partial charge in [-0.2, -0.15) is 11.3 Å². The Kier molecular flexibility index (Phi) is 6.46. The summed E-state index contributed by atoms with van der Waals surface area (Å²) in [4.78, 5) is 12.5. The zero-order valence-corrected chi connectivity index (χ0v) is 18.1. The number of nitrogens with zero attached hydrogens (tertiary/aromatic N) is 1. The first-order valence-electron chi connectivity index (χ1n) is 8.54. The minimum atomic E-state index is -3.89. The first-order valence-corrected chi connectivity index (χ1v) is 11.3. The van der Waals surface area contributed by atoms with Gasteiger partial charge < -0.3 is 10.1 Å². The van der Waals surface area contributed by atoms with E-state index in [0.29, 0.717) is 18.0 Å². The molecule has 0 aliphatic heterocycles. The molecule has 0 saturated heterocycles. The van der Waals surface area contributed by atoms with Crippen LogP contribution in [0.25, 0.3) is 0 Å². The average Bonchev–Trinajstić information content (AvgIpc) is 3.25. The van der Waals surface area contributed by atoms with Crippen LogP contribution in [0.15, 0.2) is 64.2 Å². The van der Waals surface area contributed by atoms with E-state index in [4.69, 9.17) is 16.3 Å². The minimum absolute atomic E-state index is 0.0269. The summed E-state index contributed by atoms with van der Waals surface area (Å²) < 4.78 is 32.3. The molecular weight excluding hydrogens is 432 g/mol. The summed E-state index contributed by atoms with van der Waals surface area (Å²) in [6.07, 6.45) is 0. The Bertz CT molecular complexity index is 1100. The second-order valence-electron chi connectivity index (χ2n) is 6.13. The van der Waals surface area contributed by atoms with Crippen LogP contribution < -0.4 is 14.4 Å². The van der Waals surface area contributed by atoms with Crippen LogP contribution in [-0.4, -0.2) is 28.5 Å². The standard InChI is InChI=1S/C20H19ClN2O4S2/c1-23(15-3-5-16(27-2)6-4-15)29(25,26)17-7-8-19(21)18(11-17)20(24)22-12-14-9-10-28-13-14/h3-11,13H,12H2,1-2H3,(H,22,24). The number of rotatable bonds is 7. The van der Waals surface area contributed by atoms with E-state index in [0.717, 1.165) is 9.87 Å². The Labute approximate surface area is 178 Å². The summed E-state index contributed by atoms with van der Waals surface area (Å²) in [5.74, 6) is 0.181. The van der Waals surface area contributed by atoms with Crippen molar-refractivity contribution in [3.8, 4) is 5.75 Å². The second kappa shape index (κ2) is 8.86. The number of hydrogen-bond acceptors (Lipinski definition) is 5. The predicted molar refractivity (Wildman–Crippen MR) is 116 cm³/mol. The number of methoxy groups -OCH3 is 1. The lowest BCUT2D eigenvalue weighted by molar-refractivity contribution is 0.0951. The van der Waals surface area contributed by atoms with Gasteiger partial charge in [-0.25, -0.2) is 8.42 Å². The van der Waals surface area contributed by atoms with Gasteiger partial charge in [0.1, 0.15) is 5.75 Å². The number of ether oxygens (including phenoxy) is 1. The molecule has 0 aliphatic carbocycles. The first-order chi connectivity index (χ1) is 13.8. The van der Waals surface area contributed by atoms with Gasteiger partial charge >= 0.3 is 0 Å². The molecule has 152 valence electrons. The topological polar surface area (TPSA) is 75.7 Å². The van der Waals surface area contributed by atoms with Crippen molar-refractivity contribution in [3.05, 3.63) is 75.4 Å². The van der Waals surface area contributed by atoms with Gasteiger partial charge in [0.15, 0.2) is 0 Å². The molecule has 1 heterocycles. The SMILES string of the molecule is COc1ccc(N(C)S(=O)(=O)c2ccc(Cl)c(C(=O)NCc3ccsc3)c2)cc1. The summed E-state index contributed by atoms with van der Waals surface area (Å²) in [6.45, 7) is 0.335. The van der Waals surface area contributed by atoms with E-state index in [1.165, 1.54) is 43.7 Å².